The number of carbonyl (C=O) groups excluding carboxylic acids is 2. The molecule has 30 heavy (non-hydrogen) atoms. The Bertz CT molecular complexity index is 1010. The highest BCUT2D eigenvalue weighted by Crippen LogP contribution is 2.31. The van der Waals surface area contributed by atoms with Crippen molar-refractivity contribution in [3.8, 4) is 5.75 Å². The summed E-state index contributed by atoms with van der Waals surface area (Å²) in [6.45, 7) is 1.92. The molecule has 2 amide bonds. The second kappa shape index (κ2) is 9.17. The maximum atomic E-state index is 12.5. The number of methoxy groups -OCH3 is 1. The maximum Gasteiger partial charge on any atom is 0.286 e. The summed E-state index contributed by atoms with van der Waals surface area (Å²) < 4.78 is 5.12. The zero-order chi connectivity index (χ0) is 20.9. The van der Waals surface area contributed by atoms with Crippen LogP contribution in [0, 0.1) is 0 Å². The van der Waals surface area contributed by atoms with Crippen LogP contribution in [0.2, 0.25) is 0 Å². The van der Waals surface area contributed by atoms with E-state index in [-0.39, 0.29) is 11.8 Å². The average molecular weight is 422 g/mol. The number of nitrogens with zero attached hydrogens (tertiary/aromatic N) is 2. The Morgan fingerprint density at radius 3 is 2.63 bits per heavy atom. The Morgan fingerprint density at radius 2 is 1.90 bits per heavy atom. The van der Waals surface area contributed by atoms with Crippen molar-refractivity contribution in [1.82, 2.24) is 4.90 Å². The molecule has 1 saturated heterocycles. The van der Waals surface area contributed by atoms with Gasteiger partial charge in [0, 0.05) is 24.3 Å². The summed E-state index contributed by atoms with van der Waals surface area (Å²) in [6.07, 6.45) is 5.35. The van der Waals surface area contributed by atoms with Crippen molar-refractivity contribution in [2.24, 2.45) is 4.99 Å². The van der Waals surface area contributed by atoms with Gasteiger partial charge in [-0.15, -0.1) is 0 Å². The molecule has 7 heteroatoms. The van der Waals surface area contributed by atoms with E-state index in [0.29, 0.717) is 21.9 Å². The molecule has 0 aliphatic carbocycles. The minimum atomic E-state index is -0.204. The van der Waals surface area contributed by atoms with E-state index in [1.165, 1.54) is 18.2 Å². The van der Waals surface area contributed by atoms with Crippen molar-refractivity contribution in [1.29, 1.82) is 0 Å². The molecular weight excluding hydrogens is 398 g/mol. The number of hydrogen-bond acceptors (Lipinski definition) is 5. The number of benzene rings is 2. The van der Waals surface area contributed by atoms with Gasteiger partial charge in [-0.25, -0.2) is 0 Å². The lowest BCUT2D eigenvalue weighted by Gasteiger charge is -2.27. The summed E-state index contributed by atoms with van der Waals surface area (Å²) in [7, 11) is 1.59. The molecule has 4 rings (SSSR count). The summed E-state index contributed by atoms with van der Waals surface area (Å²) in [6, 6.07) is 14.4. The van der Waals surface area contributed by atoms with Crippen LogP contribution in [0.3, 0.4) is 0 Å². The highest BCUT2D eigenvalue weighted by Gasteiger charge is 2.26. The average Bonchev–Trinajstić information content (AvgIpc) is 3.15. The third kappa shape index (κ3) is 4.74. The molecule has 2 aromatic rings. The van der Waals surface area contributed by atoms with E-state index >= 15 is 0 Å². The van der Waals surface area contributed by atoms with E-state index in [2.05, 4.69) is 15.2 Å². The number of thioether (sulfide) groups is 1. The van der Waals surface area contributed by atoms with Crippen molar-refractivity contribution >= 4 is 40.5 Å². The third-order valence-electron chi connectivity index (χ3n) is 5.03. The fourth-order valence-corrected chi connectivity index (χ4v) is 4.39. The van der Waals surface area contributed by atoms with Crippen LogP contribution in [0.15, 0.2) is 58.4 Å². The molecule has 1 N–H and O–H groups in total. The number of amidine groups is 1. The van der Waals surface area contributed by atoms with E-state index in [9.17, 15) is 9.59 Å². The molecule has 0 aromatic heterocycles. The zero-order valence-corrected chi connectivity index (χ0v) is 17.6. The van der Waals surface area contributed by atoms with E-state index < -0.39 is 0 Å². The Kier molecular flexibility index (Phi) is 6.18. The van der Waals surface area contributed by atoms with Gasteiger partial charge in [-0.3, -0.25) is 9.59 Å². The molecule has 154 valence electrons. The highest BCUT2D eigenvalue weighted by molar-refractivity contribution is 8.18. The van der Waals surface area contributed by atoms with Gasteiger partial charge in [-0.05, 0) is 79.1 Å². The number of likely N-dealkylation sites (tertiary alicyclic amines) is 1. The fourth-order valence-electron chi connectivity index (χ4n) is 3.42. The van der Waals surface area contributed by atoms with Gasteiger partial charge >= 0.3 is 0 Å². The van der Waals surface area contributed by atoms with Gasteiger partial charge in [-0.2, -0.15) is 4.99 Å². The molecule has 0 saturated carbocycles. The molecule has 0 atom stereocenters. The Morgan fingerprint density at radius 1 is 1.13 bits per heavy atom. The quantitative estimate of drug-likeness (QED) is 0.741. The Balaban J connectivity index is 1.44. The molecule has 2 aliphatic rings. The van der Waals surface area contributed by atoms with Crippen LogP contribution in [0.4, 0.5) is 5.69 Å². The van der Waals surface area contributed by atoms with Crippen molar-refractivity contribution in [3.05, 3.63) is 64.6 Å². The minimum absolute atomic E-state index is 0.201. The van der Waals surface area contributed by atoms with Gasteiger partial charge in [0.25, 0.3) is 11.8 Å². The number of ether oxygens (including phenoxy) is 1. The highest BCUT2D eigenvalue weighted by atomic mass is 32.2. The Hall–Kier alpha value is -3.06. The van der Waals surface area contributed by atoms with Crippen LogP contribution in [-0.2, 0) is 4.79 Å². The lowest BCUT2D eigenvalue weighted by Crippen LogP contribution is -2.33. The smallest absolute Gasteiger partial charge is 0.286 e. The first-order valence-electron chi connectivity index (χ1n) is 9.95. The standard InChI is InChI=1S/C23H23N3O3S/c1-29-19-10-8-17(9-11-19)21(27)24-18-7-5-6-16(14-18)15-20-22(28)25-23(30-20)26-12-3-2-4-13-26/h5-11,14-15H,2-4,12-13H2,1H3,(H,24,27)/b20-15-. The molecule has 0 spiro atoms. The van der Waals surface area contributed by atoms with Gasteiger partial charge in [-0.1, -0.05) is 12.1 Å². The summed E-state index contributed by atoms with van der Waals surface area (Å²) >= 11 is 1.43. The molecular formula is C23H23N3O3S. The second-order valence-corrected chi connectivity index (χ2v) is 8.18. The largest absolute Gasteiger partial charge is 0.497 e. The normalized spacial score (nSPS) is 17.8. The first-order valence-corrected chi connectivity index (χ1v) is 10.8. The SMILES string of the molecule is COc1ccc(C(=O)Nc2cccc(/C=C3\SC(N4CCCCC4)=NC3=O)c2)cc1. The van der Waals surface area contributed by atoms with Crippen LogP contribution < -0.4 is 10.1 Å². The van der Waals surface area contributed by atoms with Crippen LogP contribution in [-0.4, -0.2) is 42.1 Å². The topological polar surface area (TPSA) is 71.0 Å². The number of carbonyl (C=O) groups is 2. The van der Waals surface area contributed by atoms with Gasteiger partial charge in [0.05, 0.1) is 12.0 Å². The minimum Gasteiger partial charge on any atom is -0.497 e. The van der Waals surface area contributed by atoms with Crippen LogP contribution in [0.1, 0.15) is 35.2 Å². The third-order valence-corrected chi connectivity index (χ3v) is 6.07. The summed E-state index contributed by atoms with van der Waals surface area (Å²) in [5, 5.41) is 3.70. The predicted octanol–water partition coefficient (Wildman–Crippen LogP) is 4.40. The molecule has 6 nitrogen and oxygen atoms in total. The maximum absolute atomic E-state index is 12.5. The van der Waals surface area contributed by atoms with Crippen LogP contribution >= 0.6 is 11.8 Å². The number of aliphatic imine (C=N–C) groups is 1. The molecule has 0 bridgehead atoms. The van der Waals surface area contributed by atoms with Crippen molar-refractivity contribution in [3.63, 3.8) is 0 Å². The van der Waals surface area contributed by atoms with E-state index in [1.807, 2.05) is 30.3 Å². The van der Waals surface area contributed by atoms with Gasteiger partial charge in [0.1, 0.15) is 5.75 Å². The first-order chi connectivity index (χ1) is 14.6. The van der Waals surface area contributed by atoms with E-state index in [1.54, 1.807) is 31.4 Å². The van der Waals surface area contributed by atoms with Crippen molar-refractivity contribution < 1.29 is 14.3 Å². The molecule has 1 fully saturated rings. The molecule has 2 aliphatic heterocycles. The predicted molar refractivity (Wildman–Crippen MR) is 121 cm³/mol. The van der Waals surface area contributed by atoms with Crippen LogP contribution in [0.25, 0.3) is 6.08 Å². The molecule has 0 unspecified atom stereocenters. The summed E-state index contributed by atoms with van der Waals surface area (Å²) in [5.41, 5.74) is 2.05. The molecule has 2 aromatic carbocycles. The monoisotopic (exact) mass is 421 g/mol. The number of rotatable bonds is 4. The lowest BCUT2D eigenvalue weighted by molar-refractivity contribution is -0.113. The number of hydrogen-bond donors (Lipinski definition) is 1. The number of anilines is 1. The Labute approximate surface area is 180 Å². The van der Waals surface area contributed by atoms with Crippen molar-refractivity contribution in [2.75, 3.05) is 25.5 Å². The zero-order valence-electron chi connectivity index (χ0n) is 16.8. The fraction of sp³-hybridized carbons (Fsp3) is 0.261. The van der Waals surface area contributed by atoms with Crippen molar-refractivity contribution in [2.45, 2.75) is 19.3 Å². The number of nitrogens with one attached hydrogen (secondary N) is 1. The van der Waals surface area contributed by atoms with Gasteiger partial charge < -0.3 is 15.0 Å². The van der Waals surface area contributed by atoms with E-state index in [0.717, 1.165) is 36.7 Å². The van der Waals surface area contributed by atoms with Crippen LogP contribution in [0.5, 0.6) is 5.75 Å². The number of amides is 2. The first kappa shape index (κ1) is 20.2. The second-order valence-electron chi connectivity index (χ2n) is 7.17. The van der Waals surface area contributed by atoms with E-state index in [4.69, 9.17) is 4.74 Å². The summed E-state index contributed by atoms with van der Waals surface area (Å²) in [4.78, 5) is 31.9. The molecule has 2 heterocycles. The summed E-state index contributed by atoms with van der Waals surface area (Å²) in [5.74, 6) is 0.294. The molecule has 0 radical (unpaired) electrons. The lowest BCUT2D eigenvalue weighted by atomic mass is 10.1. The van der Waals surface area contributed by atoms with Gasteiger partial charge in [0.15, 0.2) is 5.17 Å². The number of piperidine rings is 1. The van der Waals surface area contributed by atoms with Gasteiger partial charge in [0.2, 0.25) is 0 Å².